The summed E-state index contributed by atoms with van der Waals surface area (Å²) in [7, 11) is 1.73. The van der Waals surface area contributed by atoms with E-state index in [1.165, 1.54) is 11.1 Å². The molecule has 150 valence electrons. The lowest BCUT2D eigenvalue weighted by atomic mass is 9.51. The molecule has 1 amide bonds. The van der Waals surface area contributed by atoms with Gasteiger partial charge >= 0.3 is 0 Å². The number of piperidine rings is 1. The van der Waals surface area contributed by atoms with E-state index in [0.717, 1.165) is 36.2 Å². The second-order valence-corrected chi connectivity index (χ2v) is 9.14. The molecule has 1 fully saturated rings. The van der Waals surface area contributed by atoms with Crippen LogP contribution in [0.2, 0.25) is 0 Å². The van der Waals surface area contributed by atoms with Crippen LogP contribution in [0.25, 0.3) is 11.0 Å². The number of fused-ring (bicyclic) bond motifs is 5. The average Bonchev–Trinajstić information content (AvgIpc) is 3.17. The molecule has 1 aromatic heterocycles. The molecule has 2 heterocycles. The third-order valence-corrected chi connectivity index (χ3v) is 7.76. The van der Waals surface area contributed by atoms with Crippen molar-refractivity contribution in [3.05, 3.63) is 59.4 Å². The van der Waals surface area contributed by atoms with Gasteiger partial charge in [0.2, 0.25) is 0 Å². The summed E-state index contributed by atoms with van der Waals surface area (Å²) < 4.78 is 5.70. The predicted molar refractivity (Wildman–Crippen MR) is 113 cm³/mol. The largest absolute Gasteiger partial charge is 0.496 e. The second kappa shape index (κ2) is 6.09. The number of imidazole rings is 1. The number of H-pyrrole nitrogens is 1. The molecule has 5 rings (SSSR count). The average molecular weight is 389 g/mol. The van der Waals surface area contributed by atoms with Crippen LogP contribution >= 0.6 is 0 Å². The molecule has 5 nitrogen and oxygen atoms in total. The van der Waals surface area contributed by atoms with Crippen molar-refractivity contribution in [2.24, 2.45) is 5.41 Å². The van der Waals surface area contributed by atoms with Crippen molar-refractivity contribution in [2.45, 2.75) is 45.1 Å². The number of rotatable bonds is 2. The Morgan fingerprint density at radius 2 is 2.07 bits per heavy atom. The van der Waals surface area contributed by atoms with Gasteiger partial charge in [0.1, 0.15) is 5.75 Å². The lowest BCUT2D eigenvalue weighted by Gasteiger charge is -2.60. The number of benzene rings is 2. The minimum Gasteiger partial charge on any atom is -0.496 e. The van der Waals surface area contributed by atoms with E-state index < -0.39 is 0 Å². The number of aromatic amines is 1. The molecular weight excluding hydrogens is 362 g/mol. The number of carbonyl (C=O) groups is 1. The number of nitrogens with zero attached hydrogens (tertiary/aromatic N) is 2. The van der Waals surface area contributed by atoms with E-state index in [4.69, 9.17) is 4.74 Å². The van der Waals surface area contributed by atoms with E-state index >= 15 is 0 Å². The highest BCUT2D eigenvalue weighted by atomic mass is 16.5. The van der Waals surface area contributed by atoms with E-state index in [-0.39, 0.29) is 22.8 Å². The molecule has 0 saturated carbocycles. The Kier molecular flexibility index (Phi) is 3.83. The smallest absolute Gasteiger partial charge is 0.254 e. The van der Waals surface area contributed by atoms with E-state index in [9.17, 15) is 4.79 Å². The number of ether oxygens (including phenoxy) is 1. The van der Waals surface area contributed by atoms with Gasteiger partial charge in [-0.1, -0.05) is 32.9 Å². The molecule has 0 unspecified atom stereocenters. The van der Waals surface area contributed by atoms with Gasteiger partial charge in [-0.2, -0.15) is 0 Å². The van der Waals surface area contributed by atoms with Gasteiger partial charge in [0.15, 0.2) is 0 Å². The van der Waals surface area contributed by atoms with E-state index in [1.54, 1.807) is 13.4 Å². The SMILES string of the molecule is COc1cccc2c1C[C@H]1N(C(=O)c3ccc4nc[nH]c4c3)CC[C@]2(C)C1(C)C. The summed E-state index contributed by atoms with van der Waals surface area (Å²) in [6.45, 7) is 7.76. The highest BCUT2D eigenvalue weighted by Crippen LogP contribution is 2.57. The Balaban J connectivity index is 1.58. The summed E-state index contributed by atoms with van der Waals surface area (Å²) >= 11 is 0. The minimum atomic E-state index is -0.0433. The zero-order valence-electron chi connectivity index (χ0n) is 17.5. The molecule has 2 atom stereocenters. The fourth-order valence-corrected chi connectivity index (χ4v) is 5.58. The van der Waals surface area contributed by atoms with E-state index in [0.29, 0.717) is 5.56 Å². The van der Waals surface area contributed by atoms with E-state index in [2.05, 4.69) is 47.8 Å². The van der Waals surface area contributed by atoms with Crippen LogP contribution in [0.4, 0.5) is 0 Å². The van der Waals surface area contributed by atoms with Gasteiger partial charge in [0.05, 0.1) is 24.5 Å². The first-order valence-corrected chi connectivity index (χ1v) is 10.3. The highest BCUT2D eigenvalue weighted by Gasteiger charge is 2.57. The summed E-state index contributed by atoms with van der Waals surface area (Å²) in [6, 6.07) is 12.2. The highest BCUT2D eigenvalue weighted by molar-refractivity contribution is 5.97. The third kappa shape index (κ3) is 2.39. The van der Waals surface area contributed by atoms with Gasteiger partial charge in [0, 0.05) is 23.6 Å². The van der Waals surface area contributed by atoms with Crippen molar-refractivity contribution in [3.8, 4) is 5.75 Å². The predicted octanol–water partition coefficient (Wildman–Crippen LogP) is 4.33. The topological polar surface area (TPSA) is 58.2 Å². The molecule has 2 aliphatic rings. The molecule has 1 N–H and O–H groups in total. The third-order valence-electron chi connectivity index (χ3n) is 7.76. The van der Waals surface area contributed by atoms with Crippen LogP contribution in [-0.4, -0.2) is 40.5 Å². The molecule has 1 aliphatic carbocycles. The molecule has 5 heteroatoms. The summed E-state index contributed by atoms with van der Waals surface area (Å²) in [6.07, 6.45) is 3.42. The summed E-state index contributed by atoms with van der Waals surface area (Å²) in [4.78, 5) is 23.1. The Labute approximate surface area is 171 Å². The van der Waals surface area contributed by atoms with Gasteiger partial charge in [-0.25, -0.2) is 4.98 Å². The molecule has 0 radical (unpaired) electrons. The van der Waals surface area contributed by atoms with Crippen LogP contribution in [0.15, 0.2) is 42.7 Å². The van der Waals surface area contributed by atoms with Crippen LogP contribution in [-0.2, 0) is 11.8 Å². The number of hydrogen-bond donors (Lipinski definition) is 1. The normalized spacial score (nSPS) is 25.0. The molecule has 29 heavy (non-hydrogen) atoms. The maximum Gasteiger partial charge on any atom is 0.254 e. The first kappa shape index (κ1) is 18.2. The molecule has 1 aliphatic heterocycles. The lowest BCUT2D eigenvalue weighted by molar-refractivity contribution is -0.0266. The van der Waals surface area contributed by atoms with Gasteiger partial charge in [0.25, 0.3) is 5.91 Å². The Hall–Kier alpha value is -2.82. The zero-order chi connectivity index (χ0) is 20.4. The van der Waals surface area contributed by atoms with E-state index in [1.807, 2.05) is 24.3 Å². The van der Waals surface area contributed by atoms with Crippen LogP contribution in [0.3, 0.4) is 0 Å². The Morgan fingerprint density at radius 3 is 2.86 bits per heavy atom. The van der Waals surface area contributed by atoms with Crippen LogP contribution in [0.1, 0.15) is 48.7 Å². The number of amides is 1. The number of hydrogen-bond acceptors (Lipinski definition) is 3. The monoisotopic (exact) mass is 389 g/mol. The molecule has 0 spiro atoms. The van der Waals surface area contributed by atoms with Crippen molar-refractivity contribution < 1.29 is 9.53 Å². The second-order valence-electron chi connectivity index (χ2n) is 9.14. The molecule has 3 aromatic rings. The van der Waals surface area contributed by atoms with Crippen molar-refractivity contribution in [3.63, 3.8) is 0 Å². The van der Waals surface area contributed by atoms with Crippen LogP contribution in [0.5, 0.6) is 5.75 Å². The number of likely N-dealkylation sites (tertiary alicyclic amines) is 1. The first-order valence-electron chi connectivity index (χ1n) is 10.3. The molecular formula is C24H27N3O2. The lowest BCUT2D eigenvalue weighted by Crippen LogP contribution is -2.64. The molecule has 2 bridgehead atoms. The Morgan fingerprint density at radius 1 is 1.24 bits per heavy atom. The first-order chi connectivity index (χ1) is 13.9. The standard InChI is InChI=1S/C24H27N3O2/c1-23(2)21-13-16-17(6-5-7-20(16)29-4)24(23,3)10-11-27(21)22(28)15-8-9-18-19(12-15)26-14-25-18/h5-9,12,14,21H,10-11,13H2,1-4H3,(H,25,26)/t21-,24+/m1/s1. The number of methoxy groups -OCH3 is 1. The zero-order valence-corrected chi connectivity index (χ0v) is 17.5. The van der Waals surface area contributed by atoms with Crippen molar-refractivity contribution in [1.29, 1.82) is 0 Å². The molecule has 1 saturated heterocycles. The van der Waals surface area contributed by atoms with Crippen molar-refractivity contribution in [1.82, 2.24) is 14.9 Å². The maximum absolute atomic E-state index is 13.6. The van der Waals surface area contributed by atoms with Crippen molar-refractivity contribution >= 4 is 16.9 Å². The van der Waals surface area contributed by atoms with Gasteiger partial charge < -0.3 is 14.6 Å². The fraction of sp³-hybridized carbons (Fsp3) is 0.417. The van der Waals surface area contributed by atoms with Crippen molar-refractivity contribution in [2.75, 3.05) is 13.7 Å². The van der Waals surface area contributed by atoms with Gasteiger partial charge in [-0.05, 0) is 53.6 Å². The van der Waals surface area contributed by atoms with Crippen LogP contribution in [0, 0.1) is 5.41 Å². The minimum absolute atomic E-state index is 0.00387. The number of carbonyl (C=O) groups excluding carboxylic acids is 1. The quantitative estimate of drug-likeness (QED) is 0.710. The summed E-state index contributed by atoms with van der Waals surface area (Å²) in [5.74, 6) is 1.03. The fourth-order valence-electron chi connectivity index (χ4n) is 5.58. The summed E-state index contributed by atoms with van der Waals surface area (Å²) in [5, 5.41) is 0. The number of aromatic nitrogens is 2. The van der Waals surface area contributed by atoms with Crippen LogP contribution < -0.4 is 4.74 Å². The van der Waals surface area contributed by atoms with Gasteiger partial charge in [-0.15, -0.1) is 0 Å². The summed E-state index contributed by atoms with van der Waals surface area (Å²) in [5.41, 5.74) is 5.08. The van der Waals surface area contributed by atoms with Gasteiger partial charge in [-0.3, -0.25) is 4.79 Å². The number of nitrogens with one attached hydrogen (secondary N) is 1. The maximum atomic E-state index is 13.6. The Bertz CT molecular complexity index is 1120. The molecule has 2 aromatic carbocycles.